The first-order valence-corrected chi connectivity index (χ1v) is 9.82. The van der Waals surface area contributed by atoms with Crippen LogP contribution in [-0.2, 0) is 22.7 Å². The number of sulfone groups is 1. The Kier molecular flexibility index (Phi) is 5.78. The van der Waals surface area contributed by atoms with E-state index in [1.54, 1.807) is 12.1 Å². The van der Waals surface area contributed by atoms with Crippen LogP contribution in [0.5, 0.6) is 5.75 Å². The van der Waals surface area contributed by atoms with E-state index in [0.29, 0.717) is 11.3 Å². The van der Waals surface area contributed by atoms with E-state index in [-0.39, 0.29) is 17.3 Å². The van der Waals surface area contributed by atoms with E-state index in [2.05, 4.69) is 6.92 Å². The second kappa shape index (κ2) is 7.62. The molecule has 2 aromatic carbocycles. The van der Waals surface area contributed by atoms with E-state index in [1.807, 2.05) is 25.1 Å². The second-order valence-electron chi connectivity index (χ2n) is 5.65. The summed E-state index contributed by atoms with van der Waals surface area (Å²) in [5, 5.41) is 0. The molecule has 0 amide bonds. The van der Waals surface area contributed by atoms with Crippen molar-refractivity contribution in [3.8, 4) is 5.75 Å². The van der Waals surface area contributed by atoms with Gasteiger partial charge in [0, 0.05) is 11.8 Å². The van der Waals surface area contributed by atoms with Crippen molar-refractivity contribution in [1.29, 1.82) is 0 Å². The van der Waals surface area contributed by atoms with Crippen molar-refractivity contribution in [3.63, 3.8) is 0 Å². The molecule has 0 saturated carbocycles. The predicted molar refractivity (Wildman–Crippen MR) is 94.6 cm³/mol. The first-order chi connectivity index (χ1) is 11.3. The van der Waals surface area contributed by atoms with E-state index in [0.717, 1.165) is 30.2 Å². The van der Waals surface area contributed by atoms with Crippen LogP contribution in [0.1, 0.15) is 35.3 Å². The molecule has 0 heterocycles. The average Bonchev–Trinajstić information content (AvgIpc) is 2.58. The lowest BCUT2D eigenvalue weighted by Crippen LogP contribution is -2.14. The van der Waals surface area contributed by atoms with Crippen molar-refractivity contribution in [2.45, 2.75) is 31.6 Å². The van der Waals surface area contributed by atoms with Gasteiger partial charge in [0.2, 0.25) is 0 Å². The summed E-state index contributed by atoms with van der Waals surface area (Å²) in [6.45, 7) is 4.00. The van der Waals surface area contributed by atoms with E-state index in [4.69, 9.17) is 4.74 Å². The van der Waals surface area contributed by atoms with E-state index >= 15 is 0 Å². The van der Waals surface area contributed by atoms with Gasteiger partial charge < -0.3 is 4.74 Å². The Morgan fingerprint density at radius 2 is 1.67 bits per heavy atom. The van der Waals surface area contributed by atoms with Crippen molar-refractivity contribution in [3.05, 3.63) is 59.2 Å². The van der Waals surface area contributed by atoms with E-state index in [1.165, 1.54) is 12.1 Å². The number of hydrogen-bond acceptors (Lipinski definition) is 4. The summed E-state index contributed by atoms with van der Waals surface area (Å²) in [5.74, 6) is 0.398. The Balaban J connectivity index is 2.11. The van der Waals surface area contributed by atoms with Crippen molar-refractivity contribution < 1.29 is 17.9 Å². The van der Waals surface area contributed by atoms with Gasteiger partial charge in [-0.15, -0.1) is 0 Å². The maximum Gasteiger partial charge on any atom is 0.200 e. The third-order valence-electron chi connectivity index (χ3n) is 3.89. The van der Waals surface area contributed by atoms with Gasteiger partial charge in [-0.1, -0.05) is 26.0 Å². The number of rotatable bonds is 7. The lowest BCUT2D eigenvalue weighted by molar-refractivity contribution is 0.0920. The summed E-state index contributed by atoms with van der Waals surface area (Å²) >= 11 is 0. The standard InChI is InChI=1S/C19H22O4S/c1-4-14-6-7-15(5-2)18(12-14)19(20)13-23-16-8-10-17(11-9-16)24(3,21)22/h6-12H,4-5,13H2,1-3H3. The van der Waals surface area contributed by atoms with Gasteiger partial charge >= 0.3 is 0 Å². The summed E-state index contributed by atoms with van der Waals surface area (Å²) in [4.78, 5) is 12.7. The molecule has 0 atom stereocenters. The zero-order chi connectivity index (χ0) is 17.7. The number of ketones is 1. The highest BCUT2D eigenvalue weighted by Gasteiger charge is 2.13. The van der Waals surface area contributed by atoms with E-state index < -0.39 is 9.84 Å². The fraction of sp³-hybridized carbons (Fsp3) is 0.316. The summed E-state index contributed by atoms with van der Waals surface area (Å²) < 4.78 is 28.4. The zero-order valence-electron chi connectivity index (χ0n) is 14.2. The average molecular weight is 346 g/mol. The van der Waals surface area contributed by atoms with Crippen molar-refractivity contribution in [2.24, 2.45) is 0 Å². The minimum atomic E-state index is -3.23. The SMILES string of the molecule is CCc1ccc(CC)c(C(=O)COc2ccc(S(C)(=O)=O)cc2)c1. The molecule has 5 heteroatoms. The molecule has 0 saturated heterocycles. The number of Topliss-reactive ketones (excluding diaryl/α,β-unsaturated/α-hetero) is 1. The summed E-state index contributed by atoms with van der Waals surface area (Å²) in [6, 6.07) is 12.0. The molecule has 0 aromatic heterocycles. The fourth-order valence-electron chi connectivity index (χ4n) is 2.42. The summed E-state index contributed by atoms with van der Waals surface area (Å²) in [6.07, 6.45) is 2.81. The molecule has 0 spiro atoms. The zero-order valence-corrected chi connectivity index (χ0v) is 15.0. The highest BCUT2D eigenvalue weighted by Crippen LogP contribution is 2.18. The highest BCUT2D eigenvalue weighted by atomic mass is 32.2. The van der Waals surface area contributed by atoms with Gasteiger partial charge in [-0.2, -0.15) is 0 Å². The van der Waals surface area contributed by atoms with Crippen LogP contribution in [-0.4, -0.2) is 27.1 Å². The molecule has 0 radical (unpaired) electrons. The molecule has 0 aliphatic rings. The molecule has 0 N–H and O–H groups in total. The van der Waals surface area contributed by atoms with Crippen molar-refractivity contribution in [2.75, 3.05) is 12.9 Å². The van der Waals surface area contributed by atoms with Crippen molar-refractivity contribution in [1.82, 2.24) is 0 Å². The van der Waals surface area contributed by atoms with Gasteiger partial charge in [-0.05, 0) is 54.3 Å². The molecular weight excluding hydrogens is 324 g/mol. The minimum Gasteiger partial charge on any atom is -0.485 e. The van der Waals surface area contributed by atoms with Crippen LogP contribution in [0.25, 0.3) is 0 Å². The molecular formula is C19H22O4S. The number of ether oxygens (including phenoxy) is 1. The third kappa shape index (κ3) is 4.45. The molecule has 2 aromatic rings. The molecule has 2 rings (SSSR count). The Bertz CT molecular complexity index is 821. The van der Waals surface area contributed by atoms with Gasteiger partial charge in [0.15, 0.2) is 22.2 Å². The number of benzene rings is 2. The Hall–Kier alpha value is -2.14. The highest BCUT2D eigenvalue weighted by molar-refractivity contribution is 7.90. The number of carbonyl (C=O) groups excluding carboxylic acids is 1. The van der Waals surface area contributed by atoms with Gasteiger partial charge in [0.05, 0.1) is 4.90 Å². The normalized spacial score (nSPS) is 11.3. The number of carbonyl (C=O) groups is 1. The molecule has 24 heavy (non-hydrogen) atoms. The van der Waals surface area contributed by atoms with Crippen molar-refractivity contribution >= 4 is 15.6 Å². The first-order valence-electron chi connectivity index (χ1n) is 7.93. The largest absolute Gasteiger partial charge is 0.485 e. The summed E-state index contributed by atoms with van der Waals surface area (Å²) in [5.41, 5.74) is 2.82. The maximum atomic E-state index is 12.5. The fourth-order valence-corrected chi connectivity index (χ4v) is 3.05. The third-order valence-corrected chi connectivity index (χ3v) is 5.01. The smallest absolute Gasteiger partial charge is 0.200 e. The van der Waals surface area contributed by atoms with Crippen LogP contribution >= 0.6 is 0 Å². The van der Waals surface area contributed by atoms with Crippen LogP contribution in [0, 0.1) is 0 Å². The van der Waals surface area contributed by atoms with Crippen LogP contribution < -0.4 is 4.74 Å². The van der Waals surface area contributed by atoms with Crippen LogP contribution in [0.3, 0.4) is 0 Å². The molecule has 0 bridgehead atoms. The molecule has 128 valence electrons. The second-order valence-corrected chi connectivity index (χ2v) is 7.67. The Morgan fingerprint density at radius 1 is 1.00 bits per heavy atom. The number of hydrogen-bond donors (Lipinski definition) is 0. The predicted octanol–water partition coefficient (Wildman–Crippen LogP) is 3.48. The minimum absolute atomic E-state index is 0.0710. The Morgan fingerprint density at radius 3 is 2.21 bits per heavy atom. The van der Waals surface area contributed by atoms with Crippen LogP contribution in [0.15, 0.2) is 47.4 Å². The monoisotopic (exact) mass is 346 g/mol. The molecule has 0 aliphatic carbocycles. The van der Waals surface area contributed by atoms with Crippen LogP contribution in [0.4, 0.5) is 0 Å². The van der Waals surface area contributed by atoms with Gasteiger partial charge in [-0.25, -0.2) is 8.42 Å². The van der Waals surface area contributed by atoms with Gasteiger partial charge in [0.25, 0.3) is 0 Å². The Labute approximate surface area is 143 Å². The number of aryl methyl sites for hydroxylation is 2. The first kappa shape index (κ1) is 18.2. The van der Waals surface area contributed by atoms with Gasteiger partial charge in [0.1, 0.15) is 5.75 Å². The molecule has 4 nitrogen and oxygen atoms in total. The quantitative estimate of drug-likeness (QED) is 0.720. The lowest BCUT2D eigenvalue weighted by atomic mass is 9.98. The molecule has 0 aliphatic heterocycles. The van der Waals surface area contributed by atoms with E-state index in [9.17, 15) is 13.2 Å². The lowest BCUT2D eigenvalue weighted by Gasteiger charge is -2.10. The topological polar surface area (TPSA) is 60.4 Å². The maximum absolute atomic E-state index is 12.5. The van der Waals surface area contributed by atoms with Gasteiger partial charge in [-0.3, -0.25) is 4.79 Å². The molecule has 0 fully saturated rings. The summed E-state index contributed by atoms with van der Waals surface area (Å²) in [7, 11) is -3.23. The molecule has 0 unspecified atom stereocenters. The van der Waals surface area contributed by atoms with Crippen LogP contribution in [0.2, 0.25) is 0 Å².